The van der Waals surface area contributed by atoms with Crippen molar-refractivity contribution < 1.29 is 18.5 Å². The molecule has 0 atom stereocenters. The van der Waals surface area contributed by atoms with Crippen molar-refractivity contribution in [2.24, 2.45) is 0 Å². The van der Waals surface area contributed by atoms with E-state index in [1.165, 1.54) is 0 Å². The highest BCUT2D eigenvalue weighted by molar-refractivity contribution is 6.02. The van der Waals surface area contributed by atoms with Crippen LogP contribution in [0.1, 0.15) is 38.9 Å². The topological polar surface area (TPSA) is 77.5 Å². The lowest BCUT2D eigenvalue weighted by molar-refractivity contribution is 0.0992. The molecule has 0 aliphatic heterocycles. The van der Waals surface area contributed by atoms with Gasteiger partial charge in [-0.25, -0.2) is 0 Å². The molecule has 0 aliphatic rings. The lowest BCUT2D eigenvalue weighted by atomic mass is 10.1. The van der Waals surface area contributed by atoms with Crippen LogP contribution in [0.25, 0.3) is 0 Å². The van der Waals surface area contributed by atoms with Crippen molar-refractivity contribution in [1.82, 2.24) is 5.16 Å². The number of amides is 1. The van der Waals surface area contributed by atoms with Gasteiger partial charge in [-0.1, -0.05) is 17.3 Å². The molecule has 0 radical (unpaired) electrons. The summed E-state index contributed by atoms with van der Waals surface area (Å²) < 4.78 is 16.4. The van der Waals surface area contributed by atoms with E-state index in [2.05, 4.69) is 10.5 Å². The molecule has 6 nitrogen and oxygen atoms in total. The second kappa shape index (κ2) is 6.84. The highest BCUT2D eigenvalue weighted by Crippen LogP contribution is 2.22. The third-order valence-electron chi connectivity index (χ3n) is 3.87. The van der Waals surface area contributed by atoms with Crippen LogP contribution in [0.3, 0.4) is 0 Å². The maximum atomic E-state index is 12.3. The molecule has 0 bridgehead atoms. The SMILES string of the molecule is Cc1ccc(C)c(OCc2ccc(C(=O)Nc3c(C)noc3C)o2)c1. The van der Waals surface area contributed by atoms with Crippen LogP contribution in [0.2, 0.25) is 0 Å². The average molecular weight is 340 g/mol. The molecule has 1 aromatic carbocycles. The lowest BCUT2D eigenvalue weighted by Gasteiger charge is -2.08. The van der Waals surface area contributed by atoms with E-state index in [1.54, 1.807) is 26.0 Å². The standard InChI is InChI=1S/C19H20N2O4/c1-11-5-6-12(2)17(9-11)23-10-15-7-8-16(24-15)19(22)20-18-13(3)21-25-14(18)4/h5-9H,10H2,1-4H3,(H,20,22). The minimum atomic E-state index is -0.354. The zero-order valence-corrected chi connectivity index (χ0v) is 14.7. The fraction of sp³-hybridized carbons (Fsp3) is 0.263. The number of aromatic nitrogens is 1. The van der Waals surface area contributed by atoms with Crippen molar-refractivity contribution in [3.8, 4) is 5.75 Å². The number of carbonyl (C=O) groups is 1. The zero-order valence-electron chi connectivity index (χ0n) is 14.7. The number of hydrogen-bond acceptors (Lipinski definition) is 5. The van der Waals surface area contributed by atoms with Gasteiger partial charge in [-0.2, -0.15) is 0 Å². The van der Waals surface area contributed by atoms with Gasteiger partial charge in [0, 0.05) is 0 Å². The predicted molar refractivity (Wildman–Crippen MR) is 92.9 cm³/mol. The molecule has 1 N–H and O–H groups in total. The van der Waals surface area contributed by atoms with Gasteiger partial charge < -0.3 is 19.0 Å². The summed E-state index contributed by atoms with van der Waals surface area (Å²) in [6.07, 6.45) is 0. The van der Waals surface area contributed by atoms with E-state index < -0.39 is 0 Å². The minimum absolute atomic E-state index is 0.208. The fourth-order valence-corrected chi connectivity index (χ4v) is 2.43. The zero-order chi connectivity index (χ0) is 18.0. The van der Waals surface area contributed by atoms with E-state index in [9.17, 15) is 4.79 Å². The van der Waals surface area contributed by atoms with Crippen molar-refractivity contribution >= 4 is 11.6 Å². The Kier molecular flexibility index (Phi) is 4.61. The lowest BCUT2D eigenvalue weighted by Crippen LogP contribution is -2.12. The van der Waals surface area contributed by atoms with E-state index in [-0.39, 0.29) is 18.3 Å². The first-order chi connectivity index (χ1) is 11.9. The van der Waals surface area contributed by atoms with Crippen LogP contribution in [0.5, 0.6) is 5.75 Å². The van der Waals surface area contributed by atoms with Gasteiger partial charge in [-0.05, 0) is 57.0 Å². The second-order valence-corrected chi connectivity index (χ2v) is 5.98. The Morgan fingerprint density at radius 2 is 1.96 bits per heavy atom. The van der Waals surface area contributed by atoms with Crippen molar-refractivity contribution in [2.45, 2.75) is 34.3 Å². The highest BCUT2D eigenvalue weighted by Gasteiger charge is 2.17. The molecule has 130 valence electrons. The van der Waals surface area contributed by atoms with Crippen LogP contribution >= 0.6 is 0 Å². The average Bonchev–Trinajstić information content (AvgIpc) is 3.18. The van der Waals surface area contributed by atoms with Gasteiger partial charge in [-0.3, -0.25) is 4.79 Å². The molecule has 0 spiro atoms. The number of carbonyl (C=O) groups excluding carboxylic acids is 1. The van der Waals surface area contributed by atoms with Crippen LogP contribution in [0.4, 0.5) is 5.69 Å². The van der Waals surface area contributed by atoms with E-state index in [0.717, 1.165) is 16.9 Å². The first kappa shape index (κ1) is 16.8. The molecule has 0 saturated heterocycles. The van der Waals surface area contributed by atoms with E-state index in [4.69, 9.17) is 13.7 Å². The number of benzene rings is 1. The summed E-state index contributed by atoms with van der Waals surface area (Å²) in [5.74, 6) is 1.78. The molecule has 2 heterocycles. The summed E-state index contributed by atoms with van der Waals surface area (Å²) in [6, 6.07) is 9.37. The Hall–Kier alpha value is -3.02. The Labute approximate surface area is 145 Å². The maximum Gasteiger partial charge on any atom is 0.291 e. The summed E-state index contributed by atoms with van der Waals surface area (Å²) in [6.45, 7) is 7.75. The molecule has 0 aliphatic carbocycles. The van der Waals surface area contributed by atoms with Gasteiger partial charge in [0.2, 0.25) is 0 Å². The monoisotopic (exact) mass is 340 g/mol. The van der Waals surface area contributed by atoms with Crippen molar-refractivity contribution in [1.29, 1.82) is 0 Å². The number of ether oxygens (including phenoxy) is 1. The molecule has 1 amide bonds. The first-order valence-electron chi connectivity index (χ1n) is 7.97. The summed E-state index contributed by atoms with van der Waals surface area (Å²) in [7, 11) is 0. The number of anilines is 1. The molecular formula is C19H20N2O4. The summed E-state index contributed by atoms with van der Waals surface area (Å²) in [5.41, 5.74) is 3.36. The maximum absolute atomic E-state index is 12.3. The number of nitrogens with one attached hydrogen (secondary N) is 1. The van der Waals surface area contributed by atoms with Crippen LogP contribution in [-0.2, 0) is 6.61 Å². The summed E-state index contributed by atoms with van der Waals surface area (Å²) in [5, 5.41) is 6.55. The van der Waals surface area contributed by atoms with Crippen LogP contribution < -0.4 is 10.1 Å². The van der Waals surface area contributed by atoms with Crippen LogP contribution in [0.15, 0.2) is 39.3 Å². The van der Waals surface area contributed by atoms with E-state index in [0.29, 0.717) is 22.9 Å². The molecule has 25 heavy (non-hydrogen) atoms. The Bertz CT molecular complexity index is 889. The van der Waals surface area contributed by atoms with E-state index in [1.807, 2.05) is 32.0 Å². The fourth-order valence-electron chi connectivity index (χ4n) is 2.43. The molecule has 0 saturated carbocycles. The van der Waals surface area contributed by atoms with Crippen LogP contribution in [-0.4, -0.2) is 11.1 Å². The molecule has 2 aromatic heterocycles. The van der Waals surface area contributed by atoms with Gasteiger partial charge in [0.05, 0.1) is 0 Å². The number of rotatable bonds is 5. The molecule has 6 heteroatoms. The minimum Gasteiger partial charge on any atom is -0.485 e. The summed E-state index contributed by atoms with van der Waals surface area (Å²) in [4.78, 5) is 12.3. The number of furan rings is 1. The Morgan fingerprint density at radius 1 is 1.16 bits per heavy atom. The second-order valence-electron chi connectivity index (χ2n) is 5.98. The van der Waals surface area contributed by atoms with Gasteiger partial charge >= 0.3 is 0 Å². The largest absolute Gasteiger partial charge is 0.485 e. The molecule has 3 aromatic rings. The molecular weight excluding hydrogens is 320 g/mol. The van der Waals surface area contributed by atoms with Gasteiger partial charge in [-0.15, -0.1) is 0 Å². The molecule has 0 fully saturated rings. The van der Waals surface area contributed by atoms with E-state index >= 15 is 0 Å². The molecule has 0 unspecified atom stereocenters. The van der Waals surface area contributed by atoms with Crippen molar-refractivity contribution in [2.75, 3.05) is 5.32 Å². The Balaban J connectivity index is 1.66. The summed E-state index contributed by atoms with van der Waals surface area (Å²) >= 11 is 0. The quantitative estimate of drug-likeness (QED) is 0.748. The number of nitrogens with zero attached hydrogens (tertiary/aromatic N) is 1. The normalized spacial score (nSPS) is 10.7. The third-order valence-corrected chi connectivity index (χ3v) is 3.87. The van der Waals surface area contributed by atoms with Crippen molar-refractivity contribution in [3.63, 3.8) is 0 Å². The Morgan fingerprint density at radius 3 is 2.68 bits per heavy atom. The van der Waals surface area contributed by atoms with Crippen molar-refractivity contribution in [3.05, 3.63) is 64.4 Å². The van der Waals surface area contributed by atoms with Gasteiger partial charge in [0.1, 0.15) is 29.5 Å². The highest BCUT2D eigenvalue weighted by atomic mass is 16.5. The number of aryl methyl sites for hydroxylation is 4. The third kappa shape index (κ3) is 3.74. The van der Waals surface area contributed by atoms with Crippen LogP contribution in [0, 0.1) is 27.7 Å². The van der Waals surface area contributed by atoms with Gasteiger partial charge in [0.25, 0.3) is 5.91 Å². The number of hydrogen-bond donors (Lipinski definition) is 1. The first-order valence-corrected chi connectivity index (χ1v) is 7.97. The predicted octanol–water partition coefficient (Wildman–Crippen LogP) is 4.33. The smallest absolute Gasteiger partial charge is 0.291 e. The van der Waals surface area contributed by atoms with Gasteiger partial charge in [0.15, 0.2) is 11.5 Å². The molecule has 3 rings (SSSR count).